The number of carbonyl (C=O) groups is 1. The van der Waals surface area contributed by atoms with E-state index < -0.39 is 5.97 Å². The lowest BCUT2D eigenvalue weighted by molar-refractivity contribution is 0.0367. The van der Waals surface area contributed by atoms with Crippen LogP contribution < -0.4 is 14.2 Å². The number of methoxy groups -OCH3 is 1. The summed E-state index contributed by atoms with van der Waals surface area (Å²) in [7, 11) is 1.50. The molecule has 46 heavy (non-hydrogen) atoms. The number of rotatable bonds is 4. The summed E-state index contributed by atoms with van der Waals surface area (Å²) < 4.78 is 22.6. The number of nitrogens with zero attached hydrogens (tertiary/aromatic N) is 3. The second kappa shape index (κ2) is 13.7. The summed E-state index contributed by atoms with van der Waals surface area (Å²) in [6, 6.07) is 20.7. The number of carboxylic acids is 1. The molecule has 0 spiro atoms. The lowest BCUT2D eigenvalue weighted by Crippen LogP contribution is -2.09. The maximum atomic E-state index is 11.6. The van der Waals surface area contributed by atoms with Crippen LogP contribution in [-0.2, 0) is 24.2 Å². The van der Waals surface area contributed by atoms with Gasteiger partial charge in [0.25, 0.3) is 0 Å². The highest BCUT2D eigenvalue weighted by molar-refractivity contribution is 5.95. The number of nitriles is 1. The van der Waals surface area contributed by atoms with Crippen LogP contribution in [0.5, 0.6) is 17.4 Å². The van der Waals surface area contributed by atoms with Gasteiger partial charge in [0.2, 0.25) is 5.88 Å². The number of carboxylic acid groups (broad SMARTS) is 1. The molecule has 0 atom stereocenters. The Kier molecular flexibility index (Phi) is 9.13. The minimum atomic E-state index is -1.04. The lowest BCUT2D eigenvalue weighted by Gasteiger charge is -2.17. The van der Waals surface area contributed by atoms with Crippen molar-refractivity contribution in [3.05, 3.63) is 99.9 Å². The van der Waals surface area contributed by atoms with Crippen molar-refractivity contribution in [1.82, 2.24) is 15.0 Å². The smallest absolute Gasteiger partial charge is 0.335 e. The van der Waals surface area contributed by atoms with E-state index in [0.717, 1.165) is 59.6 Å². The van der Waals surface area contributed by atoms with E-state index in [1.54, 1.807) is 6.07 Å². The van der Waals surface area contributed by atoms with Crippen molar-refractivity contribution in [2.75, 3.05) is 26.9 Å². The quantitative estimate of drug-likeness (QED) is 0.234. The first-order valence-electron chi connectivity index (χ1n) is 15.2. The number of nitrogens with one attached hydrogen (secondary N) is 1. The predicted octanol–water partition coefficient (Wildman–Crippen LogP) is 6.41. The summed E-state index contributed by atoms with van der Waals surface area (Å²) in [6.45, 7) is 4.86. The van der Waals surface area contributed by atoms with Crippen molar-refractivity contribution in [3.8, 4) is 34.7 Å². The first-order valence-corrected chi connectivity index (χ1v) is 15.2. The third-order valence-electron chi connectivity index (χ3n) is 7.97. The van der Waals surface area contributed by atoms with Crippen LogP contribution in [-0.4, -0.2) is 53.0 Å². The Bertz CT molecular complexity index is 1940. The largest absolute Gasteiger partial charge is 0.494 e. The van der Waals surface area contributed by atoms with Crippen molar-refractivity contribution in [2.24, 2.45) is 0 Å². The summed E-state index contributed by atoms with van der Waals surface area (Å²) in [5.41, 5.74) is 7.61. The first kappa shape index (κ1) is 30.6. The average molecular weight is 619 g/mol. The molecule has 4 heterocycles. The Labute approximate surface area is 266 Å². The van der Waals surface area contributed by atoms with Gasteiger partial charge in [-0.05, 0) is 79.3 Å². The highest BCUT2D eigenvalue weighted by atomic mass is 16.5. The van der Waals surface area contributed by atoms with Gasteiger partial charge in [-0.25, -0.2) is 14.8 Å². The van der Waals surface area contributed by atoms with Crippen molar-refractivity contribution >= 4 is 17.0 Å². The molecule has 3 aromatic carbocycles. The second-order valence-corrected chi connectivity index (χ2v) is 11.2. The summed E-state index contributed by atoms with van der Waals surface area (Å²) in [5, 5.41) is 18.9. The molecule has 0 aliphatic carbocycles. The molecule has 0 amide bonds. The highest BCUT2D eigenvalue weighted by Crippen LogP contribution is 2.34. The predicted molar refractivity (Wildman–Crippen MR) is 172 cm³/mol. The molecule has 7 rings (SSSR count). The molecule has 2 aliphatic rings. The maximum Gasteiger partial charge on any atom is 0.335 e. The van der Waals surface area contributed by atoms with Crippen LogP contribution in [0.25, 0.3) is 22.3 Å². The summed E-state index contributed by atoms with van der Waals surface area (Å²) >= 11 is 0. The van der Waals surface area contributed by atoms with Gasteiger partial charge in [-0.2, -0.15) is 5.26 Å². The van der Waals surface area contributed by atoms with Gasteiger partial charge in [0.15, 0.2) is 0 Å². The van der Waals surface area contributed by atoms with Crippen LogP contribution in [0.1, 0.15) is 56.8 Å². The van der Waals surface area contributed by atoms with Crippen molar-refractivity contribution in [2.45, 2.75) is 39.2 Å². The Morgan fingerprint density at radius 3 is 2.59 bits per heavy atom. The fraction of sp³-hybridized carbons (Fsp3) is 0.278. The molecule has 1 fully saturated rings. The number of ether oxygens (including phenoxy) is 4. The van der Waals surface area contributed by atoms with Crippen LogP contribution in [0.3, 0.4) is 0 Å². The van der Waals surface area contributed by atoms with Crippen molar-refractivity contribution in [1.29, 1.82) is 5.26 Å². The topological polar surface area (TPSA) is 140 Å². The van der Waals surface area contributed by atoms with E-state index >= 15 is 0 Å². The summed E-state index contributed by atoms with van der Waals surface area (Å²) in [4.78, 5) is 24.4. The van der Waals surface area contributed by atoms with Gasteiger partial charge >= 0.3 is 5.97 Å². The molecule has 2 aliphatic heterocycles. The van der Waals surface area contributed by atoms with Crippen LogP contribution in [0.4, 0.5) is 0 Å². The van der Waals surface area contributed by atoms with E-state index in [-0.39, 0.29) is 5.56 Å². The van der Waals surface area contributed by atoms with E-state index in [0.29, 0.717) is 59.4 Å². The molecule has 1 saturated heterocycles. The van der Waals surface area contributed by atoms with Crippen LogP contribution in [0.2, 0.25) is 0 Å². The number of aromatic nitrogens is 3. The zero-order valence-electron chi connectivity index (χ0n) is 25.8. The monoisotopic (exact) mass is 618 g/mol. The Hall–Kier alpha value is -5.40. The number of hydrogen-bond donors (Lipinski definition) is 2. The van der Waals surface area contributed by atoms with Crippen LogP contribution >= 0.6 is 0 Å². The molecule has 2 N–H and O–H groups in total. The minimum Gasteiger partial charge on any atom is -0.494 e. The van der Waals surface area contributed by atoms with E-state index in [1.165, 1.54) is 19.6 Å². The molecular formula is C36H34N4O6. The number of imidazole rings is 1. The van der Waals surface area contributed by atoms with E-state index in [2.05, 4.69) is 17.1 Å². The molecule has 2 aromatic heterocycles. The number of aryl methyl sites for hydroxylation is 2. The fourth-order valence-corrected chi connectivity index (χ4v) is 5.43. The molecule has 5 aromatic rings. The molecular weight excluding hydrogens is 584 g/mol. The van der Waals surface area contributed by atoms with E-state index in [9.17, 15) is 15.2 Å². The van der Waals surface area contributed by atoms with Gasteiger partial charge in [0.1, 0.15) is 29.4 Å². The lowest BCUT2D eigenvalue weighted by atomic mass is 9.99. The number of aromatic amines is 1. The van der Waals surface area contributed by atoms with Crippen LogP contribution in [0.15, 0.2) is 60.7 Å². The van der Waals surface area contributed by atoms with Gasteiger partial charge in [-0.15, -0.1) is 0 Å². The molecule has 234 valence electrons. The number of pyridine rings is 1. The van der Waals surface area contributed by atoms with Crippen LogP contribution in [0, 0.1) is 18.3 Å². The molecule has 0 radical (unpaired) electrons. The third-order valence-corrected chi connectivity index (χ3v) is 7.97. The van der Waals surface area contributed by atoms with E-state index in [4.69, 9.17) is 28.9 Å². The van der Waals surface area contributed by atoms with Crippen molar-refractivity contribution < 1.29 is 28.8 Å². The third kappa shape index (κ3) is 6.80. The number of H-pyrrole nitrogens is 1. The molecule has 0 saturated carbocycles. The normalized spacial score (nSPS) is 13.8. The van der Waals surface area contributed by atoms with Gasteiger partial charge < -0.3 is 29.0 Å². The molecule has 0 unspecified atom stereocenters. The first-order chi connectivity index (χ1) is 22.4. The fourth-order valence-electron chi connectivity index (χ4n) is 5.43. The number of fused-ring (bicyclic) bond motifs is 7. The average Bonchev–Trinajstić information content (AvgIpc) is 3.44. The Morgan fingerprint density at radius 2 is 1.85 bits per heavy atom. The molecule has 10 heteroatoms. The maximum absolute atomic E-state index is 11.6. The van der Waals surface area contributed by atoms with Gasteiger partial charge in [-0.1, -0.05) is 18.2 Å². The summed E-state index contributed by atoms with van der Waals surface area (Å²) in [6.07, 6.45) is 3.18. The summed E-state index contributed by atoms with van der Waals surface area (Å²) in [5.74, 6) is 1.24. The standard InChI is InChI=1S/C33H28N4O5.C3H6O/c1-19-11-23(15-30-35-27-13-24(33(38)39)14-29(40-2)32(27)37-30)28-16-25(19)26-6-3-7-31(36-26)42-18-22-9-8-20(17-34)12-21(22)5-4-10-41-28;1-2-4-3-1/h3,6-9,11-14,16H,4-5,10,15,18H2,1-2H3,(H,35,37)(H,38,39);1-3H2. The van der Waals surface area contributed by atoms with Crippen molar-refractivity contribution in [3.63, 3.8) is 0 Å². The number of benzene rings is 3. The number of aromatic carboxylic acids is 1. The number of hydrogen-bond acceptors (Lipinski definition) is 8. The van der Waals surface area contributed by atoms with Gasteiger partial charge in [0, 0.05) is 36.8 Å². The van der Waals surface area contributed by atoms with Gasteiger partial charge in [-0.3, -0.25) is 0 Å². The Morgan fingerprint density at radius 1 is 1.02 bits per heavy atom. The van der Waals surface area contributed by atoms with Gasteiger partial charge in [0.05, 0.1) is 42.1 Å². The molecule has 10 nitrogen and oxygen atoms in total. The Balaban J connectivity index is 0.000000863. The molecule has 4 bridgehead atoms. The highest BCUT2D eigenvalue weighted by Gasteiger charge is 2.18. The zero-order valence-corrected chi connectivity index (χ0v) is 25.8. The SMILES string of the molecule is C1COC1.COc1cc(C(=O)O)cc2[nH]c(Cc3cc(C)c4cc3OCCCc3cc(C#N)ccc3COc3cccc-4n3)nc12. The van der Waals surface area contributed by atoms with E-state index in [1.807, 2.05) is 49.4 Å². The zero-order chi connectivity index (χ0) is 32.0. The second-order valence-electron chi connectivity index (χ2n) is 11.2. The minimum absolute atomic E-state index is 0.120.